The van der Waals surface area contributed by atoms with Crippen LogP contribution < -0.4 is 10.1 Å². The van der Waals surface area contributed by atoms with Crippen LogP contribution in [0.15, 0.2) is 54.6 Å². The molecule has 1 amide bonds. The van der Waals surface area contributed by atoms with Crippen LogP contribution in [0.25, 0.3) is 21.7 Å². The molecule has 5 heteroatoms. The van der Waals surface area contributed by atoms with Gasteiger partial charge in [-0.05, 0) is 42.7 Å². The molecule has 144 valence electrons. The number of hydrogen-bond donors (Lipinski definition) is 1. The fraction of sp³-hybridized carbons (Fsp3) is 0.304. The average Bonchev–Trinajstić information content (AvgIpc) is 3.21. The van der Waals surface area contributed by atoms with Crippen LogP contribution in [-0.4, -0.2) is 24.0 Å². The van der Waals surface area contributed by atoms with Crippen LogP contribution in [-0.2, 0) is 0 Å². The van der Waals surface area contributed by atoms with Gasteiger partial charge in [-0.1, -0.05) is 49.6 Å². The smallest absolute Gasteiger partial charge is 0.280 e. The van der Waals surface area contributed by atoms with Crippen molar-refractivity contribution >= 4 is 17.2 Å². The lowest BCUT2D eigenvalue weighted by Gasteiger charge is -2.22. The van der Waals surface area contributed by atoms with Gasteiger partial charge in [-0.25, -0.2) is 4.98 Å². The Morgan fingerprint density at radius 3 is 2.39 bits per heavy atom. The van der Waals surface area contributed by atoms with Crippen molar-refractivity contribution in [2.75, 3.05) is 7.11 Å². The number of amides is 1. The Bertz CT molecular complexity index is 929. The number of hydrogen-bond acceptors (Lipinski definition) is 4. The predicted molar refractivity (Wildman–Crippen MR) is 114 cm³/mol. The van der Waals surface area contributed by atoms with Crippen molar-refractivity contribution in [3.05, 3.63) is 59.6 Å². The fourth-order valence-corrected chi connectivity index (χ4v) is 4.64. The van der Waals surface area contributed by atoms with Crippen molar-refractivity contribution in [1.29, 1.82) is 0 Å². The van der Waals surface area contributed by atoms with Crippen LogP contribution in [0.3, 0.4) is 0 Å². The molecule has 0 unspecified atom stereocenters. The van der Waals surface area contributed by atoms with Gasteiger partial charge in [0.2, 0.25) is 0 Å². The zero-order valence-corrected chi connectivity index (χ0v) is 16.8. The largest absolute Gasteiger partial charge is 0.497 e. The highest BCUT2D eigenvalue weighted by Crippen LogP contribution is 2.37. The molecule has 0 aliphatic heterocycles. The summed E-state index contributed by atoms with van der Waals surface area (Å²) < 4.78 is 5.27. The van der Waals surface area contributed by atoms with Crippen molar-refractivity contribution in [2.45, 2.75) is 38.1 Å². The van der Waals surface area contributed by atoms with Crippen LogP contribution in [0.2, 0.25) is 0 Å². The topological polar surface area (TPSA) is 51.2 Å². The first kappa shape index (κ1) is 18.7. The average molecular weight is 393 g/mol. The minimum absolute atomic E-state index is 0.0613. The van der Waals surface area contributed by atoms with Gasteiger partial charge in [0.1, 0.15) is 5.75 Å². The molecule has 0 atom stereocenters. The molecule has 0 radical (unpaired) electrons. The molecule has 28 heavy (non-hydrogen) atoms. The molecule has 4 nitrogen and oxygen atoms in total. The molecule has 1 N–H and O–H groups in total. The Kier molecular flexibility index (Phi) is 5.72. The molecule has 0 saturated heterocycles. The molecule has 4 rings (SSSR count). The third-order valence-electron chi connectivity index (χ3n) is 5.16. The van der Waals surface area contributed by atoms with Gasteiger partial charge in [-0.3, -0.25) is 4.79 Å². The lowest BCUT2D eigenvalue weighted by molar-refractivity contribution is 0.0927. The van der Waals surface area contributed by atoms with E-state index in [1.165, 1.54) is 30.6 Å². The highest BCUT2D eigenvalue weighted by molar-refractivity contribution is 7.17. The van der Waals surface area contributed by atoms with Crippen molar-refractivity contribution < 1.29 is 9.53 Å². The molecule has 1 saturated carbocycles. The van der Waals surface area contributed by atoms with Gasteiger partial charge in [0.15, 0.2) is 5.01 Å². The second kappa shape index (κ2) is 8.57. The number of methoxy groups -OCH3 is 1. The molecule has 3 aromatic rings. The molecular weight excluding hydrogens is 368 g/mol. The normalized spacial score (nSPS) is 14.6. The first-order valence-corrected chi connectivity index (χ1v) is 10.6. The Morgan fingerprint density at radius 1 is 1.00 bits per heavy atom. The Labute approximate surface area is 169 Å². The van der Waals surface area contributed by atoms with Crippen molar-refractivity contribution in [2.24, 2.45) is 0 Å². The summed E-state index contributed by atoms with van der Waals surface area (Å²) in [6.45, 7) is 0. The molecular formula is C23H24N2O2S. The van der Waals surface area contributed by atoms with Gasteiger partial charge in [-0.15, -0.1) is 11.3 Å². The highest BCUT2D eigenvalue weighted by Gasteiger charge is 2.22. The first-order valence-electron chi connectivity index (χ1n) is 9.76. The molecule has 2 aromatic carbocycles. The van der Waals surface area contributed by atoms with Gasteiger partial charge < -0.3 is 10.1 Å². The Hall–Kier alpha value is -2.66. The number of aromatic nitrogens is 1. The molecule has 0 bridgehead atoms. The summed E-state index contributed by atoms with van der Waals surface area (Å²) in [5.41, 5.74) is 2.89. The van der Waals surface area contributed by atoms with Gasteiger partial charge in [0.05, 0.1) is 17.7 Å². The Balaban J connectivity index is 1.68. The van der Waals surface area contributed by atoms with E-state index in [0.29, 0.717) is 5.01 Å². The lowest BCUT2D eigenvalue weighted by atomic mass is 9.95. The third-order valence-corrected chi connectivity index (χ3v) is 6.26. The van der Waals surface area contributed by atoms with E-state index in [9.17, 15) is 4.79 Å². The number of thiazole rings is 1. The molecule has 1 heterocycles. The molecule has 1 aromatic heterocycles. The summed E-state index contributed by atoms with van der Waals surface area (Å²) in [6, 6.07) is 18.2. The summed E-state index contributed by atoms with van der Waals surface area (Å²) in [5, 5.41) is 3.71. The molecule has 1 aliphatic rings. The minimum Gasteiger partial charge on any atom is -0.497 e. The van der Waals surface area contributed by atoms with E-state index < -0.39 is 0 Å². The highest BCUT2D eigenvalue weighted by atomic mass is 32.1. The summed E-state index contributed by atoms with van der Waals surface area (Å²) in [5.74, 6) is 0.740. The van der Waals surface area contributed by atoms with E-state index in [1.54, 1.807) is 7.11 Å². The van der Waals surface area contributed by atoms with Crippen LogP contribution in [0.5, 0.6) is 5.75 Å². The van der Waals surface area contributed by atoms with Gasteiger partial charge in [0.25, 0.3) is 5.91 Å². The summed E-state index contributed by atoms with van der Waals surface area (Å²) >= 11 is 1.46. The molecule has 1 fully saturated rings. The standard InChI is InChI=1S/C23H24N2O2S/c1-27-19-14-12-16(13-15-19)20-21(17-8-4-2-5-9-17)28-23(25-20)22(26)24-18-10-6-3-7-11-18/h2,4-5,8-9,12-15,18H,3,6-7,10-11H2,1H3,(H,24,26). The number of nitrogens with zero attached hydrogens (tertiary/aromatic N) is 1. The second-order valence-electron chi connectivity index (χ2n) is 7.10. The van der Waals surface area contributed by atoms with Gasteiger partial charge in [0, 0.05) is 11.6 Å². The van der Waals surface area contributed by atoms with Crippen LogP contribution in [0, 0.1) is 0 Å². The summed E-state index contributed by atoms with van der Waals surface area (Å²) in [4.78, 5) is 18.6. The summed E-state index contributed by atoms with van der Waals surface area (Å²) in [6.07, 6.45) is 5.77. The number of rotatable bonds is 5. The monoisotopic (exact) mass is 392 g/mol. The first-order chi connectivity index (χ1) is 13.7. The number of carbonyl (C=O) groups excluding carboxylic acids is 1. The van der Waals surface area contributed by atoms with E-state index in [-0.39, 0.29) is 11.9 Å². The third kappa shape index (κ3) is 4.09. The quantitative estimate of drug-likeness (QED) is 0.619. The number of nitrogens with one attached hydrogen (secondary N) is 1. The fourth-order valence-electron chi connectivity index (χ4n) is 3.64. The zero-order valence-electron chi connectivity index (χ0n) is 16.0. The van der Waals surface area contributed by atoms with Gasteiger partial charge in [-0.2, -0.15) is 0 Å². The van der Waals surface area contributed by atoms with E-state index in [1.807, 2.05) is 42.5 Å². The van der Waals surface area contributed by atoms with Crippen molar-refractivity contribution in [1.82, 2.24) is 10.3 Å². The maximum atomic E-state index is 12.9. The van der Waals surface area contributed by atoms with Crippen molar-refractivity contribution in [3.63, 3.8) is 0 Å². The molecule has 1 aliphatic carbocycles. The van der Waals surface area contributed by atoms with E-state index >= 15 is 0 Å². The van der Waals surface area contributed by atoms with E-state index in [0.717, 1.165) is 40.3 Å². The zero-order chi connectivity index (χ0) is 19.3. The van der Waals surface area contributed by atoms with E-state index in [2.05, 4.69) is 17.4 Å². The molecule has 0 spiro atoms. The summed E-state index contributed by atoms with van der Waals surface area (Å²) in [7, 11) is 1.65. The predicted octanol–water partition coefficient (Wildman–Crippen LogP) is 5.55. The minimum atomic E-state index is -0.0613. The number of carbonyl (C=O) groups is 1. The second-order valence-corrected chi connectivity index (χ2v) is 8.10. The van der Waals surface area contributed by atoms with Crippen LogP contribution in [0.4, 0.5) is 0 Å². The van der Waals surface area contributed by atoms with E-state index in [4.69, 9.17) is 9.72 Å². The Morgan fingerprint density at radius 2 is 1.71 bits per heavy atom. The number of benzene rings is 2. The maximum absolute atomic E-state index is 12.9. The van der Waals surface area contributed by atoms with Crippen LogP contribution >= 0.6 is 11.3 Å². The SMILES string of the molecule is COc1ccc(-c2nc(C(=O)NC3CCCCC3)sc2-c2ccccc2)cc1. The van der Waals surface area contributed by atoms with Crippen molar-refractivity contribution in [3.8, 4) is 27.4 Å². The van der Waals surface area contributed by atoms with Crippen LogP contribution in [0.1, 0.15) is 41.9 Å². The lowest BCUT2D eigenvalue weighted by Crippen LogP contribution is -2.36. The maximum Gasteiger partial charge on any atom is 0.280 e. The number of ether oxygens (including phenoxy) is 1. The van der Waals surface area contributed by atoms with Gasteiger partial charge >= 0.3 is 0 Å².